The maximum atomic E-state index is 5.98. The molecule has 0 amide bonds. The summed E-state index contributed by atoms with van der Waals surface area (Å²) in [5, 5.41) is -0.241. The third-order valence-electron chi connectivity index (χ3n) is 1.72. The Balaban J connectivity index is 2.60. The summed E-state index contributed by atoms with van der Waals surface area (Å²) in [7, 11) is 1.63. The van der Waals surface area contributed by atoms with Crippen LogP contribution in [0.2, 0.25) is 0 Å². The summed E-state index contributed by atoms with van der Waals surface area (Å²) in [6.45, 7) is 0. The number of hydrogen-bond acceptors (Lipinski definition) is 2. The number of nitrogens with zero attached hydrogens (tertiary/aromatic N) is 2. The fourth-order valence-electron chi connectivity index (χ4n) is 0.970. The van der Waals surface area contributed by atoms with Gasteiger partial charge in [0, 0.05) is 19.4 Å². The van der Waals surface area contributed by atoms with E-state index < -0.39 is 0 Å². The average Bonchev–Trinajstić information content (AvgIpc) is 2.18. The van der Waals surface area contributed by atoms with E-state index in [9.17, 15) is 0 Å². The molecule has 3 nitrogen and oxygen atoms in total. The lowest BCUT2D eigenvalue weighted by Crippen LogP contribution is -2.25. The fraction of sp³-hybridized carbons (Fsp3) is 0.333. The summed E-state index contributed by atoms with van der Waals surface area (Å²) in [6, 6.07) is 3.84. The first-order chi connectivity index (χ1) is 6.24. The maximum absolute atomic E-state index is 5.98. The quantitative estimate of drug-likeness (QED) is 0.450. The van der Waals surface area contributed by atoms with Gasteiger partial charge in [-0.3, -0.25) is 9.98 Å². The highest BCUT2D eigenvalue weighted by molar-refractivity contribution is 6.31. The second-order valence-electron chi connectivity index (χ2n) is 2.68. The van der Waals surface area contributed by atoms with E-state index in [1.54, 1.807) is 19.4 Å². The molecular weight excluding hydrogens is 186 g/mol. The van der Waals surface area contributed by atoms with Gasteiger partial charge in [-0.1, -0.05) is 6.07 Å². The monoisotopic (exact) mass is 197 g/mol. The largest absolute Gasteiger partial charge is 0.386 e. The predicted octanol–water partition coefficient (Wildman–Crippen LogP) is 1.22. The Hall–Kier alpha value is -1.09. The average molecular weight is 198 g/mol. The Morgan fingerprint density at radius 2 is 2.54 bits per heavy atom. The molecule has 1 unspecified atom stereocenters. The molecule has 0 aliphatic rings. The van der Waals surface area contributed by atoms with E-state index in [0.29, 0.717) is 12.3 Å². The van der Waals surface area contributed by atoms with Crippen LogP contribution >= 0.6 is 11.6 Å². The van der Waals surface area contributed by atoms with Crippen LogP contribution in [0.1, 0.15) is 5.56 Å². The third kappa shape index (κ3) is 3.03. The number of hydrogen-bond donors (Lipinski definition) is 1. The van der Waals surface area contributed by atoms with Gasteiger partial charge in [-0.05, 0) is 18.1 Å². The molecule has 0 aliphatic heterocycles. The van der Waals surface area contributed by atoms with Crippen molar-refractivity contribution in [1.29, 1.82) is 0 Å². The van der Waals surface area contributed by atoms with Crippen molar-refractivity contribution in [3.8, 4) is 0 Å². The van der Waals surface area contributed by atoms with Crippen LogP contribution in [0.15, 0.2) is 29.5 Å². The molecule has 0 saturated heterocycles. The molecule has 0 aliphatic carbocycles. The SMILES string of the molecule is CN=C(N)C(Cl)Cc1cccnc1. The molecule has 4 heteroatoms. The zero-order valence-electron chi connectivity index (χ0n) is 7.44. The second kappa shape index (κ2) is 4.82. The first kappa shape index (κ1) is 9.99. The van der Waals surface area contributed by atoms with Crippen LogP contribution in [0.4, 0.5) is 0 Å². The molecule has 2 N–H and O–H groups in total. The Labute approximate surface area is 82.6 Å². The Morgan fingerprint density at radius 3 is 3.08 bits per heavy atom. The van der Waals surface area contributed by atoms with Crippen LogP contribution in [0.5, 0.6) is 0 Å². The van der Waals surface area contributed by atoms with Crippen molar-refractivity contribution >= 4 is 17.4 Å². The van der Waals surface area contributed by atoms with Gasteiger partial charge in [-0.15, -0.1) is 11.6 Å². The van der Waals surface area contributed by atoms with Crippen molar-refractivity contribution in [2.24, 2.45) is 10.7 Å². The lowest BCUT2D eigenvalue weighted by molar-refractivity contribution is 1.01. The number of nitrogens with two attached hydrogens (primary N) is 1. The highest BCUT2D eigenvalue weighted by Gasteiger charge is 2.09. The van der Waals surface area contributed by atoms with Crippen LogP contribution in [-0.2, 0) is 6.42 Å². The van der Waals surface area contributed by atoms with E-state index in [1.807, 2.05) is 12.1 Å². The molecule has 0 radical (unpaired) electrons. The molecule has 0 spiro atoms. The van der Waals surface area contributed by atoms with E-state index in [2.05, 4.69) is 9.98 Å². The molecule has 1 atom stereocenters. The lowest BCUT2D eigenvalue weighted by Gasteiger charge is -2.07. The van der Waals surface area contributed by atoms with E-state index in [1.165, 1.54) is 0 Å². The van der Waals surface area contributed by atoms with Crippen molar-refractivity contribution in [3.05, 3.63) is 30.1 Å². The molecule has 0 saturated carbocycles. The Kier molecular flexibility index (Phi) is 3.71. The number of alkyl halides is 1. The summed E-state index contributed by atoms with van der Waals surface area (Å²) in [4.78, 5) is 7.81. The molecule has 1 aromatic heterocycles. The molecule has 1 aromatic rings. The van der Waals surface area contributed by atoms with Gasteiger partial charge in [0.25, 0.3) is 0 Å². The number of aliphatic imine (C=N–C) groups is 1. The predicted molar refractivity (Wildman–Crippen MR) is 55.1 cm³/mol. The van der Waals surface area contributed by atoms with Crippen LogP contribution in [0.3, 0.4) is 0 Å². The summed E-state index contributed by atoms with van der Waals surface area (Å²) in [5.74, 6) is 0.463. The maximum Gasteiger partial charge on any atom is 0.112 e. The zero-order valence-corrected chi connectivity index (χ0v) is 8.20. The van der Waals surface area contributed by atoms with Gasteiger partial charge in [0.15, 0.2) is 0 Å². The normalized spacial score (nSPS) is 14.2. The molecule has 0 bridgehead atoms. The van der Waals surface area contributed by atoms with Crippen molar-refractivity contribution in [3.63, 3.8) is 0 Å². The number of aromatic nitrogens is 1. The first-order valence-electron chi connectivity index (χ1n) is 3.99. The highest BCUT2D eigenvalue weighted by atomic mass is 35.5. The molecular formula is C9H12ClN3. The van der Waals surface area contributed by atoms with Gasteiger partial charge in [0.05, 0.1) is 5.38 Å². The summed E-state index contributed by atoms with van der Waals surface area (Å²) in [5.41, 5.74) is 6.63. The standard InChI is InChI=1S/C9H12ClN3/c1-12-9(11)8(10)5-7-3-2-4-13-6-7/h2-4,6,8H,5H2,1H3,(H2,11,12). The van der Waals surface area contributed by atoms with Crippen LogP contribution < -0.4 is 5.73 Å². The second-order valence-corrected chi connectivity index (χ2v) is 3.21. The summed E-state index contributed by atoms with van der Waals surface area (Å²) < 4.78 is 0. The minimum Gasteiger partial charge on any atom is -0.386 e. The molecule has 0 fully saturated rings. The van der Waals surface area contributed by atoms with Crippen LogP contribution in [0.25, 0.3) is 0 Å². The van der Waals surface area contributed by atoms with Gasteiger partial charge in [-0.2, -0.15) is 0 Å². The molecule has 1 rings (SSSR count). The van der Waals surface area contributed by atoms with Gasteiger partial charge < -0.3 is 5.73 Å². The van der Waals surface area contributed by atoms with Gasteiger partial charge >= 0.3 is 0 Å². The van der Waals surface area contributed by atoms with Crippen molar-refractivity contribution in [2.45, 2.75) is 11.8 Å². The molecule has 13 heavy (non-hydrogen) atoms. The Morgan fingerprint density at radius 1 is 1.77 bits per heavy atom. The van der Waals surface area contributed by atoms with Crippen molar-refractivity contribution in [2.75, 3.05) is 7.05 Å². The smallest absolute Gasteiger partial charge is 0.112 e. The van der Waals surface area contributed by atoms with Gasteiger partial charge in [-0.25, -0.2) is 0 Å². The number of rotatable bonds is 3. The van der Waals surface area contributed by atoms with Crippen molar-refractivity contribution < 1.29 is 0 Å². The van der Waals surface area contributed by atoms with Crippen LogP contribution in [-0.4, -0.2) is 23.2 Å². The molecule has 0 aromatic carbocycles. The third-order valence-corrected chi connectivity index (χ3v) is 2.09. The fourth-order valence-corrected chi connectivity index (χ4v) is 1.25. The lowest BCUT2D eigenvalue weighted by atomic mass is 10.1. The summed E-state index contributed by atoms with van der Waals surface area (Å²) in [6.07, 6.45) is 4.17. The minimum atomic E-state index is -0.241. The van der Waals surface area contributed by atoms with Crippen molar-refractivity contribution in [1.82, 2.24) is 4.98 Å². The van der Waals surface area contributed by atoms with Gasteiger partial charge in [0.1, 0.15) is 5.84 Å². The van der Waals surface area contributed by atoms with E-state index >= 15 is 0 Å². The van der Waals surface area contributed by atoms with Crippen LogP contribution in [0, 0.1) is 0 Å². The topological polar surface area (TPSA) is 51.3 Å². The number of amidine groups is 1. The van der Waals surface area contributed by atoms with Gasteiger partial charge in [0.2, 0.25) is 0 Å². The van der Waals surface area contributed by atoms with E-state index in [-0.39, 0.29) is 5.38 Å². The Bertz CT molecular complexity index is 284. The summed E-state index contributed by atoms with van der Waals surface area (Å²) >= 11 is 5.98. The first-order valence-corrected chi connectivity index (χ1v) is 4.43. The number of pyridine rings is 1. The zero-order chi connectivity index (χ0) is 9.68. The molecule has 1 heterocycles. The van der Waals surface area contributed by atoms with E-state index in [4.69, 9.17) is 17.3 Å². The number of halogens is 1. The molecule has 70 valence electrons. The van der Waals surface area contributed by atoms with E-state index in [0.717, 1.165) is 5.56 Å². The highest BCUT2D eigenvalue weighted by Crippen LogP contribution is 2.06. The minimum absolute atomic E-state index is 0.241.